The fourth-order valence-electron chi connectivity index (χ4n) is 5.83. The summed E-state index contributed by atoms with van der Waals surface area (Å²) < 4.78 is 34.4. The van der Waals surface area contributed by atoms with Crippen molar-refractivity contribution in [3.05, 3.63) is 54.0 Å². The number of anilines is 1. The minimum atomic E-state index is -0.478. The Morgan fingerprint density at radius 2 is 2.10 bits per heavy atom. The molecule has 3 aromatic rings. The van der Waals surface area contributed by atoms with Gasteiger partial charge in [-0.2, -0.15) is 0 Å². The number of likely N-dealkylation sites (tertiary alicyclic amines) is 1. The number of benzene rings is 1. The van der Waals surface area contributed by atoms with Gasteiger partial charge in [0.05, 0.1) is 18.0 Å². The maximum absolute atomic E-state index is 14.2. The molecule has 3 saturated heterocycles. The Labute approximate surface area is 177 Å². The van der Waals surface area contributed by atoms with E-state index in [4.69, 9.17) is 4.74 Å². The van der Waals surface area contributed by atoms with Crippen molar-refractivity contribution in [2.24, 2.45) is 11.8 Å². The number of aromatic nitrogens is 3. The molecule has 3 aliphatic rings. The Morgan fingerprint density at radius 3 is 2.97 bits per heavy atom. The van der Waals surface area contributed by atoms with Crippen LogP contribution in [0, 0.1) is 23.5 Å². The molecule has 2 aromatic heterocycles. The molecule has 9 heteroatoms. The number of hydrogen-bond acceptors (Lipinski definition) is 6. The van der Waals surface area contributed by atoms with E-state index < -0.39 is 17.2 Å². The zero-order chi connectivity index (χ0) is 21.2. The third kappa shape index (κ3) is 2.95. The monoisotopic (exact) mass is 427 g/mol. The molecule has 2 N–H and O–H groups in total. The Morgan fingerprint density at radius 1 is 1.19 bits per heavy atom. The number of aromatic amines is 1. The van der Waals surface area contributed by atoms with Crippen molar-refractivity contribution in [1.29, 1.82) is 0 Å². The van der Waals surface area contributed by atoms with E-state index >= 15 is 0 Å². The molecule has 0 unspecified atom stereocenters. The van der Waals surface area contributed by atoms with Gasteiger partial charge in [-0.05, 0) is 24.3 Å². The lowest BCUT2D eigenvalue weighted by Gasteiger charge is -2.41. The number of ether oxygens (including phenoxy) is 1. The number of H-pyrrole nitrogens is 1. The van der Waals surface area contributed by atoms with Gasteiger partial charge in [0.2, 0.25) is 0 Å². The molecule has 1 aromatic carbocycles. The van der Waals surface area contributed by atoms with Crippen LogP contribution < -0.4 is 4.90 Å². The van der Waals surface area contributed by atoms with Gasteiger partial charge in [0, 0.05) is 56.4 Å². The molecule has 2 bridgehead atoms. The van der Waals surface area contributed by atoms with E-state index in [0.29, 0.717) is 38.3 Å². The van der Waals surface area contributed by atoms with Gasteiger partial charge in [-0.25, -0.2) is 18.7 Å². The lowest BCUT2D eigenvalue weighted by Crippen LogP contribution is -2.54. The van der Waals surface area contributed by atoms with Gasteiger partial charge >= 0.3 is 0 Å². The summed E-state index contributed by atoms with van der Waals surface area (Å²) in [4.78, 5) is 16.3. The third-order valence-electron chi connectivity index (χ3n) is 7.11. The lowest BCUT2D eigenvalue weighted by molar-refractivity contribution is -0.0647. The van der Waals surface area contributed by atoms with Crippen LogP contribution in [0.25, 0.3) is 11.0 Å². The number of aliphatic hydroxyl groups excluding tert-OH is 1. The van der Waals surface area contributed by atoms with Crippen LogP contribution in [-0.4, -0.2) is 69.4 Å². The summed E-state index contributed by atoms with van der Waals surface area (Å²) in [7, 11) is 0. The summed E-state index contributed by atoms with van der Waals surface area (Å²) in [5, 5.41) is 11.1. The number of halogens is 2. The van der Waals surface area contributed by atoms with Crippen molar-refractivity contribution >= 4 is 16.9 Å². The highest BCUT2D eigenvalue weighted by molar-refractivity contribution is 5.87. The average Bonchev–Trinajstić information content (AvgIpc) is 3.40. The summed E-state index contributed by atoms with van der Waals surface area (Å²) >= 11 is 0. The zero-order valence-electron chi connectivity index (χ0n) is 16.8. The first kappa shape index (κ1) is 19.1. The number of nitrogens with one attached hydrogen (secondary N) is 1. The van der Waals surface area contributed by atoms with E-state index in [0.717, 1.165) is 22.9 Å². The topological polar surface area (TPSA) is 77.5 Å². The van der Waals surface area contributed by atoms with Crippen molar-refractivity contribution in [2.75, 3.05) is 37.7 Å². The van der Waals surface area contributed by atoms with E-state index in [2.05, 4.69) is 24.8 Å². The van der Waals surface area contributed by atoms with Gasteiger partial charge in [-0.15, -0.1) is 0 Å². The van der Waals surface area contributed by atoms with Crippen molar-refractivity contribution in [3.63, 3.8) is 0 Å². The van der Waals surface area contributed by atoms with Gasteiger partial charge in [-0.1, -0.05) is 0 Å². The first-order chi connectivity index (χ1) is 15.1. The summed E-state index contributed by atoms with van der Waals surface area (Å²) in [5.74, 6) is 0.116. The Kier molecular flexibility index (Phi) is 4.28. The van der Waals surface area contributed by atoms with E-state index in [1.165, 1.54) is 12.1 Å². The molecule has 0 saturated carbocycles. The summed E-state index contributed by atoms with van der Waals surface area (Å²) in [6.07, 6.45) is 3.30. The molecule has 1 spiro atoms. The first-order valence-corrected chi connectivity index (χ1v) is 10.5. The summed E-state index contributed by atoms with van der Waals surface area (Å²) in [6.45, 7) is 2.90. The largest absolute Gasteiger partial charge is 0.396 e. The SMILES string of the molecule is OC[C@H]1[C@H]2CN(Cc3cc(F)ccc3F)C[C@]23CN(c2ncnc4[nH]ccc24)C[C@H]1O3. The van der Waals surface area contributed by atoms with Gasteiger partial charge < -0.3 is 19.7 Å². The second-order valence-corrected chi connectivity index (χ2v) is 8.90. The molecule has 162 valence electrons. The second kappa shape index (κ2) is 6.94. The van der Waals surface area contributed by atoms with Gasteiger partial charge in [0.15, 0.2) is 0 Å². The fraction of sp³-hybridized carbons (Fsp3) is 0.455. The lowest BCUT2D eigenvalue weighted by atomic mass is 9.83. The molecule has 6 rings (SSSR count). The molecular weight excluding hydrogens is 404 g/mol. The van der Waals surface area contributed by atoms with Crippen LogP contribution in [0.1, 0.15) is 5.56 Å². The number of rotatable bonds is 4. The molecule has 4 atom stereocenters. The van der Waals surface area contributed by atoms with Crippen LogP contribution >= 0.6 is 0 Å². The third-order valence-corrected chi connectivity index (χ3v) is 7.11. The Bertz CT molecular complexity index is 1140. The van der Waals surface area contributed by atoms with Crippen LogP contribution in [0.3, 0.4) is 0 Å². The molecule has 0 aliphatic carbocycles. The summed E-state index contributed by atoms with van der Waals surface area (Å²) in [5.41, 5.74) is 0.644. The smallest absolute Gasteiger partial charge is 0.142 e. The predicted molar refractivity (Wildman–Crippen MR) is 109 cm³/mol. The molecule has 7 nitrogen and oxygen atoms in total. The molecule has 3 aliphatic heterocycles. The number of hydrogen-bond donors (Lipinski definition) is 2. The summed E-state index contributed by atoms with van der Waals surface area (Å²) in [6, 6.07) is 5.52. The molecule has 3 fully saturated rings. The highest BCUT2D eigenvalue weighted by Gasteiger charge is 2.62. The van der Waals surface area contributed by atoms with Crippen LogP contribution in [0.15, 0.2) is 36.8 Å². The fourth-order valence-corrected chi connectivity index (χ4v) is 5.83. The molecule has 5 heterocycles. The highest BCUT2D eigenvalue weighted by Crippen LogP contribution is 2.50. The van der Waals surface area contributed by atoms with Crippen LogP contribution in [0.5, 0.6) is 0 Å². The molecular formula is C22H23F2N5O2. The van der Waals surface area contributed by atoms with Crippen molar-refractivity contribution < 1.29 is 18.6 Å². The van der Waals surface area contributed by atoms with E-state index in [1.54, 1.807) is 6.33 Å². The van der Waals surface area contributed by atoms with E-state index in [1.807, 2.05) is 12.3 Å². The maximum atomic E-state index is 14.2. The van der Waals surface area contributed by atoms with E-state index in [9.17, 15) is 13.9 Å². The molecule has 0 amide bonds. The van der Waals surface area contributed by atoms with Crippen LogP contribution in [-0.2, 0) is 11.3 Å². The first-order valence-electron chi connectivity index (χ1n) is 10.5. The normalized spacial score (nSPS) is 30.3. The Hall–Kier alpha value is -2.62. The second-order valence-electron chi connectivity index (χ2n) is 8.90. The number of nitrogens with zero attached hydrogens (tertiary/aromatic N) is 4. The van der Waals surface area contributed by atoms with Crippen LogP contribution in [0.4, 0.5) is 14.6 Å². The van der Waals surface area contributed by atoms with Gasteiger partial charge in [-0.3, -0.25) is 4.90 Å². The van der Waals surface area contributed by atoms with Crippen molar-refractivity contribution in [1.82, 2.24) is 19.9 Å². The number of aliphatic hydroxyl groups is 1. The zero-order valence-corrected chi connectivity index (χ0v) is 16.8. The van der Waals surface area contributed by atoms with Crippen molar-refractivity contribution in [2.45, 2.75) is 18.2 Å². The minimum absolute atomic E-state index is 0.00379. The molecule has 31 heavy (non-hydrogen) atoms. The predicted octanol–water partition coefficient (Wildman–Crippen LogP) is 1.93. The standard InChI is InChI=1S/C22H23F2N5O2/c23-14-1-2-18(24)13(5-14)6-28-7-17-16(9-30)19-8-29(11-22(17,10-28)31-19)21-15-3-4-25-20(15)26-12-27-21/h1-5,12,16-17,19,30H,6-11H2,(H,25,26,27)/t16-,17+,19+,22-/m0/s1. The van der Waals surface area contributed by atoms with Crippen LogP contribution in [0.2, 0.25) is 0 Å². The Balaban J connectivity index is 1.31. The average molecular weight is 427 g/mol. The number of fused-ring (bicyclic) bond motifs is 2. The van der Waals surface area contributed by atoms with Crippen molar-refractivity contribution in [3.8, 4) is 0 Å². The molecule has 0 radical (unpaired) electrons. The number of morpholine rings is 1. The van der Waals surface area contributed by atoms with Gasteiger partial charge in [0.1, 0.15) is 35.0 Å². The quantitative estimate of drug-likeness (QED) is 0.663. The maximum Gasteiger partial charge on any atom is 0.142 e. The highest BCUT2D eigenvalue weighted by atomic mass is 19.1. The van der Waals surface area contributed by atoms with E-state index in [-0.39, 0.29) is 24.5 Å². The minimum Gasteiger partial charge on any atom is -0.396 e. The van der Waals surface area contributed by atoms with Gasteiger partial charge in [0.25, 0.3) is 0 Å².